The van der Waals surface area contributed by atoms with E-state index < -0.39 is 24.3 Å². The van der Waals surface area contributed by atoms with Crippen LogP contribution in [0.4, 0.5) is 9.18 Å². The van der Waals surface area contributed by atoms with Gasteiger partial charge in [0.2, 0.25) is 0 Å². The molecule has 1 aliphatic heterocycles. The Bertz CT molecular complexity index is 479. The Morgan fingerprint density at radius 2 is 2.00 bits per heavy atom. The molecular formula is C14H16FNO4. The van der Waals surface area contributed by atoms with Crippen LogP contribution < -0.4 is 0 Å². The quantitative estimate of drug-likeness (QED) is 0.922. The Hall–Kier alpha value is -2.11. The Balaban J connectivity index is 1.97. The van der Waals surface area contributed by atoms with E-state index in [2.05, 4.69) is 0 Å². The first-order valence-electron chi connectivity index (χ1n) is 6.42. The smallest absolute Gasteiger partial charge is 0.410 e. The average molecular weight is 281 g/mol. The highest BCUT2D eigenvalue weighted by Gasteiger charge is 2.36. The van der Waals surface area contributed by atoms with Gasteiger partial charge in [0.05, 0.1) is 6.54 Å². The summed E-state index contributed by atoms with van der Waals surface area (Å²) in [5.74, 6) is -1.13. The van der Waals surface area contributed by atoms with E-state index in [1.807, 2.05) is 18.2 Å². The first-order valence-corrected chi connectivity index (χ1v) is 6.42. The van der Waals surface area contributed by atoms with Gasteiger partial charge in [-0.1, -0.05) is 30.3 Å². The second kappa shape index (κ2) is 6.36. The number of carboxylic acids is 1. The van der Waals surface area contributed by atoms with Gasteiger partial charge in [0.15, 0.2) is 0 Å². The summed E-state index contributed by atoms with van der Waals surface area (Å²) in [5, 5.41) is 9.06. The molecular weight excluding hydrogens is 265 g/mol. The number of carbonyl (C=O) groups excluding carboxylic acids is 1. The molecule has 2 atom stereocenters. The number of halogens is 1. The minimum Gasteiger partial charge on any atom is -0.480 e. The second-order valence-corrected chi connectivity index (χ2v) is 4.72. The molecule has 0 spiro atoms. The number of hydrogen-bond donors (Lipinski definition) is 1. The van der Waals surface area contributed by atoms with Crippen LogP contribution >= 0.6 is 0 Å². The van der Waals surface area contributed by atoms with Crippen molar-refractivity contribution in [3.8, 4) is 0 Å². The lowest BCUT2D eigenvalue weighted by atomic mass is 10.0. The third kappa shape index (κ3) is 3.46. The van der Waals surface area contributed by atoms with Crippen molar-refractivity contribution >= 4 is 12.1 Å². The van der Waals surface area contributed by atoms with E-state index in [9.17, 15) is 14.0 Å². The van der Waals surface area contributed by atoms with Gasteiger partial charge in [-0.3, -0.25) is 4.90 Å². The number of carbonyl (C=O) groups is 2. The number of amides is 1. The summed E-state index contributed by atoms with van der Waals surface area (Å²) in [5.41, 5.74) is 0.793. The molecule has 1 aliphatic rings. The lowest BCUT2D eigenvalue weighted by molar-refractivity contribution is -0.144. The Morgan fingerprint density at radius 3 is 2.65 bits per heavy atom. The number of likely N-dealkylation sites (tertiary alicyclic amines) is 1. The number of carboxylic acid groups (broad SMARTS) is 1. The van der Waals surface area contributed by atoms with E-state index in [1.165, 1.54) is 0 Å². The van der Waals surface area contributed by atoms with Gasteiger partial charge < -0.3 is 9.84 Å². The SMILES string of the molecule is O=C(O)[C@@H]1CC[C@@H](F)CN1C(=O)OCc1ccccc1. The number of ether oxygens (including phenoxy) is 1. The number of hydrogen-bond acceptors (Lipinski definition) is 3. The molecule has 0 aromatic heterocycles. The van der Waals surface area contributed by atoms with E-state index in [4.69, 9.17) is 9.84 Å². The molecule has 1 fully saturated rings. The van der Waals surface area contributed by atoms with Crippen molar-refractivity contribution in [3.63, 3.8) is 0 Å². The van der Waals surface area contributed by atoms with Crippen LogP contribution in [0.3, 0.4) is 0 Å². The predicted octanol–water partition coefficient (Wildman–Crippen LogP) is 2.21. The van der Waals surface area contributed by atoms with E-state index in [0.29, 0.717) is 0 Å². The minimum absolute atomic E-state index is 0.0411. The number of piperidine rings is 1. The third-order valence-corrected chi connectivity index (χ3v) is 3.25. The molecule has 1 saturated heterocycles. The van der Waals surface area contributed by atoms with E-state index in [0.717, 1.165) is 10.5 Å². The van der Waals surface area contributed by atoms with Crippen molar-refractivity contribution in [1.29, 1.82) is 0 Å². The third-order valence-electron chi connectivity index (χ3n) is 3.25. The average Bonchev–Trinajstić information content (AvgIpc) is 2.45. The fourth-order valence-corrected chi connectivity index (χ4v) is 2.19. The summed E-state index contributed by atoms with van der Waals surface area (Å²) in [6.45, 7) is -0.190. The number of rotatable bonds is 3. The molecule has 6 heteroatoms. The Kier molecular flexibility index (Phi) is 4.55. The molecule has 2 rings (SSSR count). The van der Waals surface area contributed by atoms with Crippen molar-refractivity contribution < 1.29 is 23.8 Å². The first kappa shape index (κ1) is 14.3. The molecule has 1 heterocycles. The standard InChI is InChI=1S/C14H16FNO4/c15-11-6-7-12(13(17)18)16(8-11)14(19)20-9-10-4-2-1-3-5-10/h1-5,11-12H,6-9H2,(H,17,18)/t11-,12+/m1/s1. The van der Waals surface area contributed by atoms with Crippen molar-refractivity contribution in [2.45, 2.75) is 31.7 Å². The summed E-state index contributed by atoms with van der Waals surface area (Å²) < 4.78 is 18.4. The molecule has 0 saturated carbocycles. The van der Waals surface area contributed by atoms with Gasteiger partial charge in [0.25, 0.3) is 0 Å². The number of aliphatic carboxylic acids is 1. The zero-order valence-electron chi connectivity index (χ0n) is 10.9. The summed E-state index contributed by atoms with van der Waals surface area (Å²) in [6.07, 6.45) is -1.73. The topological polar surface area (TPSA) is 66.8 Å². The molecule has 1 aromatic carbocycles. The molecule has 0 unspecified atom stereocenters. The van der Waals surface area contributed by atoms with Crippen LogP contribution in [-0.2, 0) is 16.1 Å². The highest BCUT2D eigenvalue weighted by atomic mass is 19.1. The van der Waals surface area contributed by atoms with Crippen molar-refractivity contribution in [2.24, 2.45) is 0 Å². The zero-order valence-corrected chi connectivity index (χ0v) is 10.9. The molecule has 1 N–H and O–H groups in total. The van der Waals surface area contributed by atoms with Gasteiger partial charge >= 0.3 is 12.1 Å². The maximum absolute atomic E-state index is 13.4. The summed E-state index contributed by atoms with van der Waals surface area (Å²) in [6, 6.07) is 8.02. The van der Waals surface area contributed by atoms with E-state index in [1.54, 1.807) is 12.1 Å². The van der Waals surface area contributed by atoms with Gasteiger partial charge in [-0.25, -0.2) is 14.0 Å². The molecule has 108 valence electrons. The fraction of sp³-hybridized carbons (Fsp3) is 0.429. The van der Waals surface area contributed by atoms with Crippen LogP contribution in [0, 0.1) is 0 Å². The highest BCUT2D eigenvalue weighted by Crippen LogP contribution is 2.21. The molecule has 20 heavy (non-hydrogen) atoms. The number of alkyl halides is 1. The van der Waals surface area contributed by atoms with Crippen LogP contribution in [0.1, 0.15) is 18.4 Å². The number of benzene rings is 1. The first-order chi connectivity index (χ1) is 9.58. The largest absolute Gasteiger partial charge is 0.480 e. The molecule has 1 aromatic rings. The molecule has 5 nitrogen and oxygen atoms in total. The maximum Gasteiger partial charge on any atom is 0.410 e. The van der Waals surface area contributed by atoms with Crippen LogP contribution in [-0.4, -0.2) is 40.8 Å². The highest BCUT2D eigenvalue weighted by molar-refractivity contribution is 5.80. The van der Waals surface area contributed by atoms with Crippen LogP contribution in [0.5, 0.6) is 0 Å². The van der Waals surface area contributed by atoms with Gasteiger partial charge in [0.1, 0.15) is 18.8 Å². The fourth-order valence-electron chi connectivity index (χ4n) is 2.19. The van der Waals surface area contributed by atoms with Gasteiger partial charge in [-0.05, 0) is 18.4 Å². The van der Waals surface area contributed by atoms with E-state index in [-0.39, 0.29) is 26.0 Å². The second-order valence-electron chi connectivity index (χ2n) is 4.72. The Morgan fingerprint density at radius 1 is 1.30 bits per heavy atom. The van der Waals surface area contributed by atoms with Crippen molar-refractivity contribution in [3.05, 3.63) is 35.9 Å². The van der Waals surface area contributed by atoms with Gasteiger partial charge in [0, 0.05) is 0 Å². The van der Waals surface area contributed by atoms with Crippen LogP contribution in [0.15, 0.2) is 30.3 Å². The van der Waals surface area contributed by atoms with Crippen LogP contribution in [0.25, 0.3) is 0 Å². The van der Waals surface area contributed by atoms with Gasteiger partial charge in [-0.2, -0.15) is 0 Å². The summed E-state index contributed by atoms with van der Waals surface area (Å²) in [4.78, 5) is 23.9. The lowest BCUT2D eigenvalue weighted by Crippen LogP contribution is -2.51. The van der Waals surface area contributed by atoms with Gasteiger partial charge in [-0.15, -0.1) is 0 Å². The Labute approximate surface area is 116 Å². The number of nitrogens with zero attached hydrogens (tertiary/aromatic N) is 1. The molecule has 0 aliphatic carbocycles. The molecule has 0 bridgehead atoms. The normalized spacial score (nSPS) is 22.4. The maximum atomic E-state index is 13.4. The monoisotopic (exact) mass is 281 g/mol. The minimum atomic E-state index is -1.20. The summed E-state index contributed by atoms with van der Waals surface area (Å²) in [7, 11) is 0. The predicted molar refractivity (Wildman–Crippen MR) is 68.9 cm³/mol. The van der Waals surface area contributed by atoms with Crippen molar-refractivity contribution in [1.82, 2.24) is 4.90 Å². The lowest BCUT2D eigenvalue weighted by Gasteiger charge is -2.33. The summed E-state index contributed by atoms with van der Waals surface area (Å²) >= 11 is 0. The zero-order chi connectivity index (χ0) is 14.5. The van der Waals surface area contributed by atoms with Crippen LogP contribution in [0.2, 0.25) is 0 Å². The van der Waals surface area contributed by atoms with E-state index >= 15 is 0 Å². The molecule has 0 radical (unpaired) electrons. The molecule has 1 amide bonds. The van der Waals surface area contributed by atoms with Crippen molar-refractivity contribution in [2.75, 3.05) is 6.54 Å².